The molecule has 3 nitrogen and oxygen atoms in total. The van der Waals surface area contributed by atoms with E-state index in [1.54, 1.807) is 6.07 Å². The number of rotatable bonds is 2. The van der Waals surface area contributed by atoms with Crippen LogP contribution in [0.3, 0.4) is 0 Å². The van der Waals surface area contributed by atoms with Crippen molar-refractivity contribution in [2.24, 2.45) is 5.73 Å². The van der Waals surface area contributed by atoms with Crippen LogP contribution >= 0.6 is 0 Å². The number of nitrogens with zero attached hydrogens (tertiary/aromatic N) is 1. The van der Waals surface area contributed by atoms with E-state index in [0.717, 1.165) is 31.2 Å². The van der Waals surface area contributed by atoms with Crippen molar-refractivity contribution in [2.75, 3.05) is 0 Å². The van der Waals surface area contributed by atoms with Crippen LogP contribution in [0.2, 0.25) is 0 Å². The molecule has 2 aliphatic rings. The summed E-state index contributed by atoms with van der Waals surface area (Å²) in [5.41, 5.74) is 7.87. The summed E-state index contributed by atoms with van der Waals surface area (Å²) in [6.45, 7) is 1.94. The largest absolute Gasteiger partial charge is 0.331 e. The summed E-state index contributed by atoms with van der Waals surface area (Å²) in [4.78, 5) is 14.2. The molecule has 0 bridgehead atoms. The monoisotopic (exact) mass is 276 g/mol. The third-order valence-corrected chi connectivity index (χ3v) is 4.33. The second kappa shape index (κ2) is 5.17. The first-order valence-electron chi connectivity index (χ1n) is 7.40. The fourth-order valence-corrected chi connectivity index (χ4v) is 3.19. The van der Waals surface area contributed by atoms with Crippen molar-refractivity contribution < 1.29 is 9.18 Å². The lowest BCUT2D eigenvalue weighted by atomic mass is 9.94. The van der Waals surface area contributed by atoms with Gasteiger partial charge in [-0.15, -0.1) is 0 Å². The molecule has 2 unspecified atom stereocenters. The highest BCUT2D eigenvalue weighted by molar-refractivity contribution is 5.78. The Morgan fingerprint density at radius 1 is 1.30 bits per heavy atom. The van der Waals surface area contributed by atoms with Crippen LogP contribution in [0, 0.1) is 12.7 Å². The van der Waals surface area contributed by atoms with Gasteiger partial charge in [-0.05, 0) is 38.7 Å². The predicted octanol–water partition coefficient (Wildman–Crippen LogP) is 2.68. The number of halogens is 1. The standard InChI is InChI=1S/C16H21FN2O/c1-10-5-8-13(17)12(9-10)16-14(18)3-2-4-15(20)19(16)11-6-7-11/h5,8-9,11,14,16H,2-4,6-7,18H2,1H3. The van der Waals surface area contributed by atoms with Crippen molar-refractivity contribution in [1.29, 1.82) is 0 Å². The molecule has 1 aromatic carbocycles. The molecule has 1 aliphatic carbocycles. The van der Waals surface area contributed by atoms with Crippen LogP contribution < -0.4 is 5.73 Å². The number of carbonyl (C=O) groups is 1. The average Bonchev–Trinajstić information content (AvgIpc) is 3.22. The fraction of sp³-hybridized carbons (Fsp3) is 0.562. The van der Waals surface area contributed by atoms with Crippen LogP contribution in [-0.4, -0.2) is 22.9 Å². The molecule has 2 fully saturated rings. The summed E-state index contributed by atoms with van der Waals surface area (Å²) in [6, 6.07) is 4.85. The number of carbonyl (C=O) groups excluding carboxylic acids is 1. The number of aryl methyl sites for hydroxylation is 1. The SMILES string of the molecule is Cc1ccc(F)c(C2C(N)CCCC(=O)N2C2CC2)c1. The minimum absolute atomic E-state index is 0.131. The molecule has 0 radical (unpaired) electrons. The fourth-order valence-electron chi connectivity index (χ4n) is 3.19. The van der Waals surface area contributed by atoms with E-state index in [2.05, 4.69) is 0 Å². The Hall–Kier alpha value is -1.42. The Balaban J connectivity index is 2.04. The van der Waals surface area contributed by atoms with Crippen molar-refractivity contribution in [2.45, 2.75) is 57.2 Å². The third-order valence-electron chi connectivity index (χ3n) is 4.33. The van der Waals surface area contributed by atoms with Gasteiger partial charge in [-0.25, -0.2) is 4.39 Å². The second-order valence-electron chi connectivity index (χ2n) is 6.06. The molecule has 0 aromatic heterocycles. The topological polar surface area (TPSA) is 46.3 Å². The van der Waals surface area contributed by atoms with Crippen LogP contribution in [-0.2, 0) is 4.79 Å². The average molecular weight is 276 g/mol. The molecule has 2 atom stereocenters. The first kappa shape index (κ1) is 13.6. The summed E-state index contributed by atoms with van der Waals surface area (Å²) >= 11 is 0. The molecule has 2 N–H and O–H groups in total. The first-order valence-corrected chi connectivity index (χ1v) is 7.40. The summed E-state index contributed by atoms with van der Waals surface area (Å²) in [5.74, 6) is -0.122. The predicted molar refractivity (Wildman–Crippen MR) is 75.6 cm³/mol. The molecule has 1 heterocycles. The molecule has 0 spiro atoms. The Labute approximate surface area is 118 Å². The summed E-state index contributed by atoms with van der Waals surface area (Å²) < 4.78 is 14.3. The number of benzene rings is 1. The zero-order chi connectivity index (χ0) is 14.3. The lowest BCUT2D eigenvalue weighted by Gasteiger charge is -2.34. The molecule has 1 saturated heterocycles. The minimum atomic E-state index is -0.308. The third kappa shape index (κ3) is 2.44. The number of hydrogen-bond acceptors (Lipinski definition) is 2. The van der Waals surface area contributed by atoms with Crippen LogP contribution in [0.25, 0.3) is 0 Å². The molecule has 3 rings (SSSR count). The Bertz CT molecular complexity index is 527. The van der Waals surface area contributed by atoms with E-state index in [-0.39, 0.29) is 29.8 Å². The van der Waals surface area contributed by atoms with E-state index in [0.29, 0.717) is 12.0 Å². The van der Waals surface area contributed by atoms with Gasteiger partial charge in [0.1, 0.15) is 5.82 Å². The van der Waals surface area contributed by atoms with Gasteiger partial charge in [0.05, 0.1) is 6.04 Å². The Kier molecular flexibility index (Phi) is 3.50. The molecule has 108 valence electrons. The highest BCUT2D eigenvalue weighted by Gasteiger charge is 2.42. The molecule has 20 heavy (non-hydrogen) atoms. The number of hydrogen-bond donors (Lipinski definition) is 1. The molecule has 4 heteroatoms. The molecule has 1 saturated carbocycles. The van der Waals surface area contributed by atoms with Gasteiger partial charge in [0, 0.05) is 24.1 Å². The van der Waals surface area contributed by atoms with E-state index >= 15 is 0 Å². The summed E-state index contributed by atoms with van der Waals surface area (Å²) in [5, 5.41) is 0. The van der Waals surface area contributed by atoms with Gasteiger partial charge in [0.25, 0.3) is 0 Å². The second-order valence-corrected chi connectivity index (χ2v) is 6.06. The maximum absolute atomic E-state index is 14.3. The molecular formula is C16H21FN2O. The quantitative estimate of drug-likeness (QED) is 0.902. The van der Waals surface area contributed by atoms with Crippen molar-refractivity contribution in [3.8, 4) is 0 Å². The summed E-state index contributed by atoms with van der Waals surface area (Å²) in [6.07, 6.45) is 4.14. The number of likely N-dealkylation sites (tertiary alicyclic amines) is 1. The molecular weight excluding hydrogens is 255 g/mol. The lowest BCUT2D eigenvalue weighted by molar-refractivity contribution is -0.134. The van der Waals surface area contributed by atoms with Crippen LogP contribution in [0.15, 0.2) is 18.2 Å². The minimum Gasteiger partial charge on any atom is -0.331 e. The zero-order valence-corrected chi connectivity index (χ0v) is 11.8. The van der Waals surface area contributed by atoms with E-state index in [4.69, 9.17) is 5.73 Å². The normalized spacial score (nSPS) is 27.6. The van der Waals surface area contributed by atoms with E-state index in [9.17, 15) is 9.18 Å². The van der Waals surface area contributed by atoms with Crippen molar-refractivity contribution in [3.63, 3.8) is 0 Å². The number of nitrogens with two attached hydrogens (primary N) is 1. The van der Waals surface area contributed by atoms with E-state index < -0.39 is 0 Å². The number of amides is 1. The van der Waals surface area contributed by atoms with Gasteiger partial charge >= 0.3 is 0 Å². The van der Waals surface area contributed by atoms with Gasteiger partial charge in [0.2, 0.25) is 5.91 Å². The highest BCUT2D eigenvalue weighted by atomic mass is 19.1. The van der Waals surface area contributed by atoms with Crippen LogP contribution in [0.1, 0.15) is 49.3 Å². The van der Waals surface area contributed by atoms with Crippen LogP contribution in [0.5, 0.6) is 0 Å². The maximum atomic E-state index is 14.3. The smallest absolute Gasteiger partial charge is 0.223 e. The van der Waals surface area contributed by atoms with Gasteiger partial charge in [-0.2, -0.15) is 0 Å². The Morgan fingerprint density at radius 3 is 2.75 bits per heavy atom. The van der Waals surface area contributed by atoms with Crippen molar-refractivity contribution in [3.05, 3.63) is 35.1 Å². The van der Waals surface area contributed by atoms with Crippen molar-refractivity contribution >= 4 is 5.91 Å². The van der Waals surface area contributed by atoms with Gasteiger partial charge in [-0.3, -0.25) is 4.79 Å². The molecule has 1 aromatic rings. The lowest BCUT2D eigenvalue weighted by Crippen LogP contribution is -2.43. The van der Waals surface area contributed by atoms with Gasteiger partial charge in [0.15, 0.2) is 0 Å². The van der Waals surface area contributed by atoms with Crippen molar-refractivity contribution in [1.82, 2.24) is 4.90 Å². The van der Waals surface area contributed by atoms with Gasteiger partial charge in [-0.1, -0.05) is 17.7 Å². The zero-order valence-electron chi connectivity index (χ0n) is 11.8. The Morgan fingerprint density at radius 2 is 2.05 bits per heavy atom. The van der Waals surface area contributed by atoms with Crippen LogP contribution in [0.4, 0.5) is 4.39 Å². The van der Waals surface area contributed by atoms with E-state index in [1.807, 2.05) is 17.9 Å². The van der Waals surface area contributed by atoms with Gasteiger partial charge < -0.3 is 10.6 Å². The molecule has 1 amide bonds. The van der Waals surface area contributed by atoms with E-state index in [1.165, 1.54) is 6.07 Å². The molecule has 1 aliphatic heterocycles. The highest BCUT2D eigenvalue weighted by Crippen LogP contribution is 2.40. The summed E-state index contributed by atoms with van der Waals surface area (Å²) in [7, 11) is 0. The maximum Gasteiger partial charge on any atom is 0.223 e. The first-order chi connectivity index (χ1) is 9.58.